The van der Waals surface area contributed by atoms with Crippen LogP contribution in [0.25, 0.3) is 6.08 Å². The molecular formula is C28H28FNO3S. The molecule has 0 atom stereocenters. The first kappa shape index (κ1) is 21.9. The van der Waals surface area contributed by atoms with Crippen molar-refractivity contribution in [1.29, 1.82) is 0 Å². The Balaban J connectivity index is 1.30. The SMILES string of the molecule is COc1ccc(C23CC4CC(CC(C4)C2)C3)cc1/C=C1\SC(=O)N(Cc2ccc(F)cc2)C1=O. The van der Waals surface area contributed by atoms with E-state index in [1.54, 1.807) is 25.3 Å². The summed E-state index contributed by atoms with van der Waals surface area (Å²) in [7, 11) is 1.64. The topological polar surface area (TPSA) is 46.6 Å². The largest absolute Gasteiger partial charge is 0.496 e. The van der Waals surface area contributed by atoms with E-state index >= 15 is 0 Å². The van der Waals surface area contributed by atoms with Crippen LogP contribution < -0.4 is 4.74 Å². The van der Waals surface area contributed by atoms with Crippen LogP contribution in [0.2, 0.25) is 0 Å². The fourth-order valence-corrected chi connectivity index (χ4v) is 8.02. The van der Waals surface area contributed by atoms with E-state index in [9.17, 15) is 14.0 Å². The Hall–Kier alpha value is -2.60. The van der Waals surface area contributed by atoms with Gasteiger partial charge in [0.25, 0.3) is 11.1 Å². The summed E-state index contributed by atoms with van der Waals surface area (Å²) in [6.45, 7) is 0.132. The molecule has 0 N–H and O–H groups in total. The molecule has 5 aliphatic rings. The first-order chi connectivity index (χ1) is 16.4. The van der Waals surface area contributed by atoms with Crippen molar-refractivity contribution < 1.29 is 18.7 Å². The minimum atomic E-state index is -0.344. The number of halogens is 1. The summed E-state index contributed by atoms with van der Waals surface area (Å²) in [6.07, 6.45) is 9.77. The van der Waals surface area contributed by atoms with Crippen LogP contribution in [0.5, 0.6) is 5.75 Å². The van der Waals surface area contributed by atoms with Gasteiger partial charge >= 0.3 is 0 Å². The number of hydrogen-bond acceptors (Lipinski definition) is 4. The highest BCUT2D eigenvalue weighted by Gasteiger charge is 2.51. The van der Waals surface area contributed by atoms with Crippen LogP contribution in [-0.2, 0) is 16.8 Å². The second kappa shape index (κ2) is 8.26. The molecule has 0 unspecified atom stereocenters. The van der Waals surface area contributed by atoms with Gasteiger partial charge in [-0.2, -0.15) is 0 Å². The average molecular weight is 478 g/mol. The van der Waals surface area contributed by atoms with Gasteiger partial charge in [0.15, 0.2) is 0 Å². The van der Waals surface area contributed by atoms with Crippen molar-refractivity contribution in [3.63, 3.8) is 0 Å². The lowest BCUT2D eigenvalue weighted by molar-refractivity contribution is -0.123. The fraction of sp³-hybridized carbons (Fsp3) is 0.429. The number of carbonyl (C=O) groups excluding carboxylic acids is 2. The highest BCUT2D eigenvalue weighted by molar-refractivity contribution is 8.18. The van der Waals surface area contributed by atoms with Crippen molar-refractivity contribution in [2.45, 2.75) is 50.5 Å². The molecule has 2 amide bonds. The zero-order valence-electron chi connectivity index (χ0n) is 19.3. The number of ether oxygens (including phenoxy) is 1. The van der Waals surface area contributed by atoms with Crippen LogP contribution in [0.15, 0.2) is 47.4 Å². The fourth-order valence-electron chi connectivity index (χ4n) is 7.19. The molecule has 0 aromatic heterocycles. The molecule has 0 radical (unpaired) electrons. The van der Waals surface area contributed by atoms with E-state index < -0.39 is 0 Å². The Morgan fingerprint density at radius 1 is 1.03 bits per heavy atom. The van der Waals surface area contributed by atoms with Crippen LogP contribution in [0.3, 0.4) is 0 Å². The molecule has 4 aliphatic carbocycles. The number of carbonyl (C=O) groups is 2. The molecule has 2 aromatic carbocycles. The summed E-state index contributed by atoms with van der Waals surface area (Å²) < 4.78 is 18.9. The smallest absolute Gasteiger partial charge is 0.293 e. The van der Waals surface area contributed by atoms with E-state index in [-0.39, 0.29) is 28.9 Å². The van der Waals surface area contributed by atoms with Gasteiger partial charge in [0.2, 0.25) is 0 Å². The van der Waals surface area contributed by atoms with Gasteiger partial charge < -0.3 is 4.74 Å². The number of amides is 2. The maximum atomic E-state index is 13.2. The van der Waals surface area contributed by atoms with Gasteiger partial charge in [0.1, 0.15) is 11.6 Å². The third-order valence-electron chi connectivity index (χ3n) is 8.29. The second-order valence-electron chi connectivity index (χ2n) is 10.5. The molecule has 4 bridgehead atoms. The Bertz CT molecular complexity index is 1150. The summed E-state index contributed by atoms with van der Waals surface area (Å²) in [5, 5.41) is -0.309. The van der Waals surface area contributed by atoms with Crippen LogP contribution in [-0.4, -0.2) is 23.2 Å². The third kappa shape index (κ3) is 3.76. The van der Waals surface area contributed by atoms with E-state index in [1.807, 2.05) is 6.07 Å². The van der Waals surface area contributed by atoms with Gasteiger partial charge in [-0.15, -0.1) is 0 Å². The summed E-state index contributed by atoms with van der Waals surface area (Å²) in [5.41, 5.74) is 3.16. The second-order valence-corrected chi connectivity index (χ2v) is 11.5. The Morgan fingerprint density at radius 3 is 2.29 bits per heavy atom. The molecule has 6 heteroatoms. The molecule has 5 fully saturated rings. The molecule has 4 nitrogen and oxygen atoms in total. The van der Waals surface area contributed by atoms with E-state index in [0.29, 0.717) is 16.2 Å². The first-order valence-corrected chi connectivity index (χ1v) is 12.9. The summed E-state index contributed by atoms with van der Waals surface area (Å²) >= 11 is 0.952. The maximum absolute atomic E-state index is 13.2. The summed E-state index contributed by atoms with van der Waals surface area (Å²) in [6, 6.07) is 12.3. The summed E-state index contributed by atoms with van der Waals surface area (Å²) in [4.78, 5) is 27.3. The Morgan fingerprint density at radius 2 is 1.68 bits per heavy atom. The highest BCUT2D eigenvalue weighted by Crippen LogP contribution is 2.61. The maximum Gasteiger partial charge on any atom is 0.293 e. The number of rotatable bonds is 5. The predicted octanol–water partition coefficient (Wildman–Crippen LogP) is 6.54. The van der Waals surface area contributed by atoms with Gasteiger partial charge in [-0.1, -0.05) is 18.2 Å². The van der Waals surface area contributed by atoms with Crippen LogP contribution >= 0.6 is 11.8 Å². The number of benzene rings is 2. The number of thioether (sulfide) groups is 1. The molecule has 7 rings (SSSR count). The molecule has 1 aliphatic heterocycles. The lowest BCUT2D eigenvalue weighted by Crippen LogP contribution is -2.48. The van der Waals surface area contributed by atoms with Crippen molar-refractivity contribution in [3.05, 3.63) is 69.9 Å². The molecular weight excluding hydrogens is 449 g/mol. The molecule has 176 valence electrons. The van der Waals surface area contributed by atoms with E-state index in [4.69, 9.17) is 4.74 Å². The van der Waals surface area contributed by atoms with Crippen molar-refractivity contribution in [2.75, 3.05) is 7.11 Å². The van der Waals surface area contributed by atoms with Crippen molar-refractivity contribution >= 4 is 29.0 Å². The number of nitrogens with zero attached hydrogens (tertiary/aromatic N) is 1. The van der Waals surface area contributed by atoms with Crippen molar-refractivity contribution in [3.8, 4) is 5.75 Å². The van der Waals surface area contributed by atoms with Crippen molar-refractivity contribution in [2.24, 2.45) is 17.8 Å². The first-order valence-electron chi connectivity index (χ1n) is 12.1. The molecule has 1 saturated heterocycles. The molecule has 34 heavy (non-hydrogen) atoms. The van der Waals surface area contributed by atoms with E-state index in [1.165, 1.54) is 61.1 Å². The Labute approximate surface area is 203 Å². The van der Waals surface area contributed by atoms with Gasteiger partial charge in [-0.25, -0.2) is 4.39 Å². The third-order valence-corrected chi connectivity index (χ3v) is 9.20. The molecule has 1 heterocycles. The van der Waals surface area contributed by atoms with Crippen LogP contribution in [0.4, 0.5) is 9.18 Å². The quantitative estimate of drug-likeness (QED) is 0.459. The zero-order valence-corrected chi connectivity index (χ0v) is 20.1. The zero-order chi connectivity index (χ0) is 23.4. The van der Waals surface area contributed by atoms with E-state index in [0.717, 1.165) is 35.1 Å². The molecule has 4 saturated carbocycles. The number of imide groups is 1. The van der Waals surface area contributed by atoms with Gasteiger partial charge in [0.05, 0.1) is 18.6 Å². The minimum Gasteiger partial charge on any atom is -0.496 e. The lowest BCUT2D eigenvalue weighted by Gasteiger charge is -2.57. The minimum absolute atomic E-state index is 0.132. The van der Waals surface area contributed by atoms with Gasteiger partial charge in [-0.3, -0.25) is 14.5 Å². The number of methoxy groups -OCH3 is 1. The Kier molecular flexibility index (Phi) is 5.32. The normalized spacial score (nSPS) is 31.1. The monoisotopic (exact) mass is 477 g/mol. The van der Waals surface area contributed by atoms with Crippen LogP contribution in [0, 0.1) is 23.6 Å². The van der Waals surface area contributed by atoms with E-state index in [2.05, 4.69) is 12.1 Å². The predicted molar refractivity (Wildman–Crippen MR) is 131 cm³/mol. The summed E-state index contributed by atoms with van der Waals surface area (Å²) in [5.74, 6) is 2.59. The molecule has 2 aromatic rings. The average Bonchev–Trinajstić information content (AvgIpc) is 3.07. The highest BCUT2D eigenvalue weighted by atomic mass is 32.2. The standard InChI is InChI=1S/C28H28FNO3S/c1-33-24-7-4-22(28-13-18-8-19(14-28)10-20(9-18)15-28)11-21(24)12-25-26(31)30(27(32)34-25)16-17-2-5-23(29)6-3-17/h2-7,11-12,18-20H,8-10,13-16H2,1H3/b25-12-. The van der Waals surface area contributed by atoms with Gasteiger partial charge in [0, 0.05) is 5.56 Å². The van der Waals surface area contributed by atoms with Crippen molar-refractivity contribution in [1.82, 2.24) is 4.90 Å². The van der Waals surface area contributed by atoms with Gasteiger partial charge in [-0.05, 0) is 115 Å². The molecule has 0 spiro atoms. The van der Waals surface area contributed by atoms with Crippen LogP contribution in [0.1, 0.15) is 55.2 Å². The lowest BCUT2D eigenvalue weighted by atomic mass is 9.48. The number of hydrogen-bond donors (Lipinski definition) is 0.